The summed E-state index contributed by atoms with van der Waals surface area (Å²) in [5, 5.41) is 2.66. The molecule has 0 fully saturated rings. The number of halogens is 1. The number of likely N-dealkylation sites (N-methyl/N-ethyl adjacent to an activating group) is 1. The van der Waals surface area contributed by atoms with Crippen molar-refractivity contribution in [3.05, 3.63) is 90.2 Å². The van der Waals surface area contributed by atoms with Gasteiger partial charge in [0.25, 0.3) is 10.0 Å². The first-order chi connectivity index (χ1) is 17.7. The third kappa shape index (κ3) is 6.65. The topological polar surface area (TPSA) is 96.0 Å². The molecule has 8 nitrogen and oxygen atoms in total. The molecule has 196 valence electrons. The highest BCUT2D eigenvalue weighted by molar-refractivity contribution is 7.92. The van der Waals surface area contributed by atoms with Crippen LogP contribution in [0.25, 0.3) is 0 Å². The first kappa shape index (κ1) is 27.7. The fourth-order valence-corrected chi connectivity index (χ4v) is 5.13. The van der Waals surface area contributed by atoms with E-state index in [1.54, 1.807) is 43.3 Å². The number of hydrogen-bond donors (Lipinski definition) is 1. The van der Waals surface area contributed by atoms with Crippen LogP contribution in [0.3, 0.4) is 0 Å². The summed E-state index contributed by atoms with van der Waals surface area (Å²) in [4.78, 5) is 27.5. The Bertz CT molecular complexity index is 1320. The van der Waals surface area contributed by atoms with E-state index >= 15 is 0 Å². The molecule has 1 N–H and O–H groups in total. The van der Waals surface area contributed by atoms with Gasteiger partial charge in [-0.1, -0.05) is 36.4 Å². The zero-order valence-corrected chi connectivity index (χ0v) is 21.7. The van der Waals surface area contributed by atoms with Crippen molar-refractivity contribution in [1.82, 2.24) is 10.2 Å². The van der Waals surface area contributed by atoms with Crippen molar-refractivity contribution in [1.29, 1.82) is 0 Å². The van der Waals surface area contributed by atoms with Gasteiger partial charge in [0.2, 0.25) is 11.8 Å². The van der Waals surface area contributed by atoms with Gasteiger partial charge in [0.15, 0.2) is 0 Å². The third-order valence-corrected chi connectivity index (χ3v) is 7.58. The van der Waals surface area contributed by atoms with Gasteiger partial charge in [-0.3, -0.25) is 13.9 Å². The third-order valence-electron chi connectivity index (χ3n) is 5.79. The Morgan fingerprint density at radius 3 is 2.19 bits per heavy atom. The van der Waals surface area contributed by atoms with Gasteiger partial charge in [-0.05, 0) is 56.3 Å². The summed E-state index contributed by atoms with van der Waals surface area (Å²) in [5.74, 6) is -1.15. The molecule has 0 spiro atoms. The van der Waals surface area contributed by atoms with Gasteiger partial charge < -0.3 is 15.0 Å². The van der Waals surface area contributed by atoms with Gasteiger partial charge in [-0.2, -0.15) is 0 Å². The summed E-state index contributed by atoms with van der Waals surface area (Å²) in [6, 6.07) is 19.0. The second kappa shape index (κ2) is 12.4. The quantitative estimate of drug-likeness (QED) is 0.411. The number of methoxy groups -OCH3 is 1. The number of rotatable bonds is 11. The first-order valence-corrected chi connectivity index (χ1v) is 13.2. The number of hydrogen-bond acceptors (Lipinski definition) is 5. The van der Waals surface area contributed by atoms with Crippen LogP contribution >= 0.6 is 0 Å². The Morgan fingerprint density at radius 2 is 1.59 bits per heavy atom. The van der Waals surface area contributed by atoms with Gasteiger partial charge in [0, 0.05) is 18.7 Å². The molecule has 1 atom stereocenters. The van der Waals surface area contributed by atoms with Gasteiger partial charge >= 0.3 is 0 Å². The predicted octanol–water partition coefficient (Wildman–Crippen LogP) is 3.58. The minimum atomic E-state index is -4.19. The maximum Gasteiger partial charge on any atom is 0.264 e. The van der Waals surface area contributed by atoms with Crippen LogP contribution in [0.1, 0.15) is 19.4 Å². The summed E-state index contributed by atoms with van der Waals surface area (Å²) in [7, 11) is -2.72. The molecule has 0 aliphatic carbocycles. The fourth-order valence-electron chi connectivity index (χ4n) is 3.71. The lowest BCUT2D eigenvalue weighted by atomic mass is 10.1. The van der Waals surface area contributed by atoms with E-state index in [2.05, 4.69) is 5.32 Å². The lowest BCUT2D eigenvalue weighted by Crippen LogP contribution is -2.51. The molecular formula is C27H30FN3O5S. The average Bonchev–Trinajstić information content (AvgIpc) is 2.91. The molecule has 0 aliphatic heterocycles. The Balaban J connectivity index is 2.01. The highest BCUT2D eigenvalue weighted by Crippen LogP contribution is 2.26. The van der Waals surface area contributed by atoms with Gasteiger partial charge in [0.05, 0.1) is 17.7 Å². The maximum absolute atomic E-state index is 14.5. The zero-order valence-electron chi connectivity index (χ0n) is 20.9. The molecule has 0 radical (unpaired) electrons. The SMILES string of the molecule is CCNC(=O)[C@@H](C)N(Cc1ccccc1F)C(=O)CN(c1ccccc1)S(=O)(=O)c1ccc(OC)cc1. The molecule has 0 heterocycles. The lowest BCUT2D eigenvalue weighted by Gasteiger charge is -2.32. The van der Waals surface area contributed by atoms with Crippen LogP contribution in [0.2, 0.25) is 0 Å². The lowest BCUT2D eigenvalue weighted by molar-refractivity contribution is -0.139. The molecule has 3 aromatic rings. The zero-order chi connectivity index (χ0) is 27.0. The minimum absolute atomic E-state index is 0.0395. The van der Waals surface area contributed by atoms with E-state index in [0.29, 0.717) is 12.3 Å². The summed E-state index contributed by atoms with van der Waals surface area (Å²) >= 11 is 0. The Kier molecular flexibility index (Phi) is 9.24. The Morgan fingerprint density at radius 1 is 0.973 bits per heavy atom. The molecule has 0 aromatic heterocycles. The molecule has 2 amide bonds. The number of sulfonamides is 1. The van der Waals surface area contributed by atoms with E-state index in [0.717, 1.165) is 4.31 Å². The highest BCUT2D eigenvalue weighted by Gasteiger charge is 2.32. The molecule has 10 heteroatoms. The van der Waals surface area contributed by atoms with Crippen LogP contribution in [0, 0.1) is 5.82 Å². The van der Waals surface area contributed by atoms with Crippen molar-refractivity contribution in [2.24, 2.45) is 0 Å². The number of nitrogens with one attached hydrogen (secondary N) is 1. The minimum Gasteiger partial charge on any atom is -0.497 e. The molecule has 3 aromatic carbocycles. The summed E-state index contributed by atoms with van der Waals surface area (Å²) in [5.41, 5.74) is 0.472. The van der Waals surface area contributed by atoms with Crippen LogP contribution in [0.4, 0.5) is 10.1 Å². The molecule has 0 bridgehead atoms. The normalized spacial score (nSPS) is 11.9. The van der Waals surface area contributed by atoms with Crippen LogP contribution in [0.5, 0.6) is 5.75 Å². The number of amides is 2. The smallest absolute Gasteiger partial charge is 0.264 e. The number of carbonyl (C=O) groups is 2. The molecular weight excluding hydrogens is 497 g/mol. The largest absolute Gasteiger partial charge is 0.497 e. The monoisotopic (exact) mass is 527 g/mol. The average molecular weight is 528 g/mol. The van der Waals surface area contributed by atoms with Crippen molar-refractivity contribution in [2.45, 2.75) is 31.3 Å². The number of para-hydroxylation sites is 1. The molecule has 0 unspecified atom stereocenters. The fraction of sp³-hybridized carbons (Fsp3) is 0.259. The van der Waals surface area contributed by atoms with Crippen LogP contribution in [-0.2, 0) is 26.2 Å². The molecule has 3 rings (SSSR count). The molecule has 37 heavy (non-hydrogen) atoms. The molecule has 0 aliphatic rings. The number of anilines is 1. The first-order valence-electron chi connectivity index (χ1n) is 11.7. The van der Waals surface area contributed by atoms with E-state index in [-0.39, 0.29) is 22.7 Å². The van der Waals surface area contributed by atoms with Crippen molar-refractivity contribution >= 4 is 27.5 Å². The van der Waals surface area contributed by atoms with Crippen molar-refractivity contribution in [3.8, 4) is 5.75 Å². The van der Waals surface area contributed by atoms with E-state index in [1.165, 1.54) is 61.4 Å². The van der Waals surface area contributed by atoms with Crippen LogP contribution in [-0.4, -0.2) is 51.4 Å². The van der Waals surface area contributed by atoms with E-state index in [4.69, 9.17) is 4.74 Å². The summed E-state index contributed by atoms with van der Waals surface area (Å²) in [6.07, 6.45) is 0. The number of carbonyl (C=O) groups excluding carboxylic acids is 2. The Labute approximate surface area is 216 Å². The van der Waals surface area contributed by atoms with Gasteiger partial charge in [-0.15, -0.1) is 0 Å². The predicted molar refractivity (Wildman–Crippen MR) is 139 cm³/mol. The summed E-state index contributed by atoms with van der Waals surface area (Å²) in [6.45, 7) is 2.79. The second-order valence-electron chi connectivity index (χ2n) is 8.21. The van der Waals surface area contributed by atoms with Crippen LogP contribution in [0.15, 0.2) is 83.8 Å². The van der Waals surface area contributed by atoms with Gasteiger partial charge in [0.1, 0.15) is 24.2 Å². The maximum atomic E-state index is 14.5. The summed E-state index contributed by atoms with van der Waals surface area (Å²) < 4.78 is 47.9. The molecule has 0 saturated carbocycles. The molecule has 0 saturated heterocycles. The van der Waals surface area contributed by atoms with E-state index in [9.17, 15) is 22.4 Å². The van der Waals surface area contributed by atoms with Crippen molar-refractivity contribution in [3.63, 3.8) is 0 Å². The Hall–Kier alpha value is -3.92. The second-order valence-corrected chi connectivity index (χ2v) is 10.1. The number of benzene rings is 3. The van der Waals surface area contributed by atoms with Gasteiger partial charge in [-0.25, -0.2) is 12.8 Å². The number of nitrogens with zero attached hydrogens (tertiary/aromatic N) is 2. The standard InChI is InChI=1S/C27H30FN3O5S/c1-4-29-27(33)20(2)30(18-21-10-8-9-13-25(21)28)26(32)19-31(22-11-6-5-7-12-22)37(34,35)24-16-14-23(36-3)15-17-24/h5-17,20H,4,18-19H2,1-3H3,(H,29,33)/t20-/m1/s1. The van der Waals surface area contributed by atoms with E-state index < -0.39 is 40.2 Å². The van der Waals surface area contributed by atoms with Crippen molar-refractivity contribution < 1.29 is 27.1 Å². The highest BCUT2D eigenvalue weighted by atomic mass is 32.2. The van der Waals surface area contributed by atoms with E-state index in [1.807, 2.05) is 0 Å². The number of ether oxygens (including phenoxy) is 1. The van der Waals surface area contributed by atoms with Crippen LogP contribution < -0.4 is 14.4 Å². The van der Waals surface area contributed by atoms with Crippen molar-refractivity contribution in [2.75, 3.05) is 24.5 Å².